The molecule has 0 atom stereocenters. The van der Waals surface area contributed by atoms with Crippen molar-refractivity contribution in [2.24, 2.45) is 5.10 Å². The molecular weight excluding hydrogens is 418 g/mol. The van der Waals surface area contributed by atoms with Gasteiger partial charge >= 0.3 is 0 Å². The second-order valence-corrected chi connectivity index (χ2v) is 8.74. The number of carbonyl (C=O) groups is 1. The number of hydrogen-bond donors (Lipinski definition) is 2. The average Bonchev–Trinajstić information content (AvgIpc) is 2.76. The number of carbonyl (C=O) groups excluding carboxylic acids is 1. The van der Waals surface area contributed by atoms with Crippen molar-refractivity contribution in [2.45, 2.75) is 11.8 Å². The summed E-state index contributed by atoms with van der Waals surface area (Å²) in [5.74, 6) is -0.416. The lowest BCUT2D eigenvalue weighted by Gasteiger charge is -2.16. The number of para-hydroxylation sites is 1. The average molecular weight is 442 g/mol. The Hall–Kier alpha value is -3.43. The molecule has 3 aromatic rings. The van der Waals surface area contributed by atoms with Gasteiger partial charge in [0.15, 0.2) is 11.5 Å². The Morgan fingerprint density at radius 1 is 1.13 bits per heavy atom. The Morgan fingerprint density at radius 3 is 2.61 bits per heavy atom. The van der Waals surface area contributed by atoms with Crippen molar-refractivity contribution in [2.75, 3.05) is 20.2 Å². The lowest BCUT2D eigenvalue weighted by Crippen LogP contribution is -2.36. The minimum atomic E-state index is -3.86. The number of amides is 1. The number of phenolic OH excluding ortho intramolecular Hbond substituents is 1. The summed E-state index contributed by atoms with van der Waals surface area (Å²) in [4.78, 5) is 12.3. The number of ether oxygens (including phenoxy) is 1. The molecule has 9 heteroatoms. The number of hydrazone groups is 1. The number of phenols is 1. The molecule has 2 N–H and O–H groups in total. The van der Waals surface area contributed by atoms with E-state index in [1.54, 1.807) is 37.3 Å². The van der Waals surface area contributed by atoms with E-state index in [0.717, 1.165) is 15.1 Å². The number of nitrogens with one attached hydrogen (secondary N) is 1. The zero-order valence-corrected chi connectivity index (χ0v) is 18.0. The van der Waals surface area contributed by atoms with Crippen LogP contribution in [0.2, 0.25) is 0 Å². The lowest BCUT2D eigenvalue weighted by molar-refractivity contribution is -0.121. The zero-order valence-electron chi connectivity index (χ0n) is 17.1. The van der Waals surface area contributed by atoms with Gasteiger partial charge in [-0.1, -0.05) is 36.4 Å². The molecule has 0 radical (unpaired) electrons. The molecule has 0 fully saturated rings. The van der Waals surface area contributed by atoms with Gasteiger partial charge in [-0.05, 0) is 42.0 Å². The second kappa shape index (κ2) is 9.59. The number of sulfonamides is 1. The zero-order chi connectivity index (χ0) is 22.4. The number of aromatic hydroxyl groups is 1. The third-order valence-electron chi connectivity index (χ3n) is 4.52. The summed E-state index contributed by atoms with van der Waals surface area (Å²) < 4.78 is 31.9. The number of benzene rings is 3. The van der Waals surface area contributed by atoms with Gasteiger partial charge in [0.25, 0.3) is 5.91 Å². The maximum atomic E-state index is 12.8. The smallest absolute Gasteiger partial charge is 0.255 e. The Kier molecular flexibility index (Phi) is 6.88. The SMILES string of the molecule is CCOc1cccc(/C=N/NC(=O)CN(C)S(=O)(=O)c2ccc3ccccc3c2)c1O. The lowest BCUT2D eigenvalue weighted by atomic mass is 10.1. The second-order valence-electron chi connectivity index (χ2n) is 6.69. The van der Waals surface area contributed by atoms with Gasteiger partial charge < -0.3 is 9.84 Å². The van der Waals surface area contributed by atoms with E-state index in [4.69, 9.17) is 4.74 Å². The van der Waals surface area contributed by atoms with Gasteiger partial charge in [-0.2, -0.15) is 9.41 Å². The van der Waals surface area contributed by atoms with Gasteiger partial charge in [-0.3, -0.25) is 4.79 Å². The third kappa shape index (κ3) is 5.19. The minimum Gasteiger partial charge on any atom is -0.504 e. The molecule has 3 rings (SSSR count). The van der Waals surface area contributed by atoms with E-state index in [2.05, 4.69) is 10.5 Å². The molecule has 3 aromatic carbocycles. The summed E-state index contributed by atoms with van der Waals surface area (Å²) in [6, 6.07) is 17.1. The number of nitrogens with zero attached hydrogens (tertiary/aromatic N) is 2. The van der Waals surface area contributed by atoms with E-state index in [9.17, 15) is 18.3 Å². The minimum absolute atomic E-state index is 0.0988. The Bertz CT molecular complexity index is 1220. The highest BCUT2D eigenvalue weighted by Gasteiger charge is 2.23. The predicted octanol–water partition coefficient (Wildman–Crippen LogP) is 2.71. The molecule has 1 amide bonds. The van der Waals surface area contributed by atoms with E-state index in [0.29, 0.717) is 17.9 Å². The molecule has 0 bridgehead atoms. The van der Waals surface area contributed by atoms with E-state index >= 15 is 0 Å². The molecule has 0 aliphatic carbocycles. The molecule has 8 nitrogen and oxygen atoms in total. The van der Waals surface area contributed by atoms with Gasteiger partial charge in [0.2, 0.25) is 10.0 Å². The van der Waals surface area contributed by atoms with Crippen LogP contribution in [0.15, 0.2) is 70.7 Å². The van der Waals surface area contributed by atoms with Crippen LogP contribution in [0.4, 0.5) is 0 Å². The fraction of sp³-hybridized carbons (Fsp3) is 0.182. The van der Waals surface area contributed by atoms with Gasteiger partial charge in [0, 0.05) is 12.6 Å². The van der Waals surface area contributed by atoms with Crippen molar-refractivity contribution >= 4 is 32.9 Å². The molecule has 162 valence electrons. The molecule has 31 heavy (non-hydrogen) atoms. The van der Waals surface area contributed by atoms with E-state index in [1.807, 2.05) is 24.3 Å². The highest BCUT2D eigenvalue weighted by atomic mass is 32.2. The highest BCUT2D eigenvalue weighted by molar-refractivity contribution is 7.89. The Balaban J connectivity index is 1.65. The number of likely N-dealkylation sites (N-methyl/N-ethyl adjacent to an activating group) is 1. The van der Waals surface area contributed by atoms with Crippen LogP contribution in [-0.4, -0.2) is 50.2 Å². The van der Waals surface area contributed by atoms with Crippen molar-refractivity contribution < 1.29 is 23.1 Å². The Morgan fingerprint density at radius 2 is 1.87 bits per heavy atom. The molecule has 0 aliphatic heterocycles. The Labute approximate surface area is 180 Å². The van der Waals surface area contributed by atoms with Crippen molar-refractivity contribution in [3.63, 3.8) is 0 Å². The summed E-state index contributed by atoms with van der Waals surface area (Å²) in [6.45, 7) is 1.77. The molecular formula is C22H23N3O5S. The summed E-state index contributed by atoms with van der Waals surface area (Å²) in [6.07, 6.45) is 1.26. The van der Waals surface area contributed by atoms with E-state index < -0.39 is 22.5 Å². The molecule has 0 unspecified atom stereocenters. The molecule has 0 saturated carbocycles. The summed E-state index contributed by atoms with van der Waals surface area (Å²) in [5.41, 5.74) is 2.62. The van der Waals surface area contributed by atoms with Gasteiger partial charge in [-0.15, -0.1) is 0 Å². The van der Waals surface area contributed by atoms with Gasteiger partial charge in [0.1, 0.15) is 0 Å². The van der Waals surface area contributed by atoms with Gasteiger partial charge in [-0.25, -0.2) is 13.8 Å². The maximum Gasteiger partial charge on any atom is 0.255 e. The number of fused-ring (bicyclic) bond motifs is 1. The fourth-order valence-corrected chi connectivity index (χ4v) is 4.08. The summed E-state index contributed by atoms with van der Waals surface area (Å²) in [7, 11) is -2.53. The molecule has 0 aromatic heterocycles. The first kappa shape index (κ1) is 22.3. The molecule has 0 heterocycles. The summed E-state index contributed by atoms with van der Waals surface area (Å²) >= 11 is 0. The summed E-state index contributed by atoms with van der Waals surface area (Å²) in [5, 5.41) is 15.6. The van der Waals surface area contributed by atoms with Crippen molar-refractivity contribution in [3.05, 3.63) is 66.2 Å². The van der Waals surface area contributed by atoms with Crippen LogP contribution in [-0.2, 0) is 14.8 Å². The van der Waals surface area contributed by atoms with Gasteiger partial charge in [0.05, 0.1) is 24.3 Å². The van der Waals surface area contributed by atoms with Crippen LogP contribution in [0.25, 0.3) is 10.8 Å². The third-order valence-corrected chi connectivity index (χ3v) is 6.32. The first-order valence-corrected chi connectivity index (χ1v) is 11.0. The van der Waals surface area contributed by atoms with Crippen LogP contribution in [0, 0.1) is 0 Å². The standard InChI is InChI=1S/C22H23N3O5S/c1-3-30-20-10-6-9-18(22(20)27)14-23-24-21(26)15-25(2)31(28,29)19-12-11-16-7-4-5-8-17(16)13-19/h4-14,27H,3,15H2,1-2H3,(H,24,26)/b23-14+. The van der Waals surface area contributed by atoms with Crippen LogP contribution >= 0.6 is 0 Å². The molecule has 0 aliphatic rings. The quantitative estimate of drug-likeness (QED) is 0.413. The molecule has 0 saturated heterocycles. The van der Waals surface area contributed by atoms with Crippen molar-refractivity contribution in [1.29, 1.82) is 0 Å². The van der Waals surface area contributed by atoms with Crippen LogP contribution in [0.3, 0.4) is 0 Å². The van der Waals surface area contributed by atoms with E-state index in [1.165, 1.54) is 19.3 Å². The van der Waals surface area contributed by atoms with E-state index in [-0.39, 0.29) is 10.6 Å². The fourth-order valence-electron chi connectivity index (χ4n) is 2.92. The normalized spacial score (nSPS) is 11.8. The maximum absolute atomic E-state index is 12.8. The number of hydrogen-bond acceptors (Lipinski definition) is 6. The van der Waals surface area contributed by atoms with Crippen molar-refractivity contribution in [1.82, 2.24) is 9.73 Å². The first-order chi connectivity index (χ1) is 14.8. The molecule has 0 spiro atoms. The van der Waals surface area contributed by atoms with Crippen LogP contribution in [0.5, 0.6) is 11.5 Å². The first-order valence-electron chi connectivity index (χ1n) is 9.54. The largest absolute Gasteiger partial charge is 0.504 e. The topological polar surface area (TPSA) is 108 Å². The highest BCUT2D eigenvalue weighted by Crippen LogP contribution is 2.28. The van der Waals surface area contributed by atoms with Crippen LogP contribution < -0.4 is 10.2 Å². The van der Waals surface area contributed by atoms with Crippen LogP contribution in [0.1, 0.15) is 12.5 Å². The monoisotopic (exact) mass is 441 g/mol. The number of rotatable bonds is 8. The van der Waals surface area contributed by atoms with Crippen molar-refractivity contribution in [3.8, 4) is 11.5 Å². The predicted molar refractivity (Wildman–Crippen MR) is 119 cm³/mol.